The van der Waals surface area contributed by atoms with E-state index in [0.29, 0.717) is 13.2 Å². The number of hydrogen-bond donors (Lipinski definition) is 0. The van der Waals surface area contributed by atoms with Gasteiger partial charge in [0.2, 0.25) is 0 Å². The summed E-state index contributed by atoms with van der Waals surface area (Å²) in [5, 5.41) is 9.74. The summed E-state index contributed by atoms with van der Waals surface area (Å²) in [6.45, 7) is 1.22. The first kappa shape index (κ1) is 20.1. The molecule has 30 heavy (non-hydrogen) atoms. The average Bonchev–Trinajstić information content (AvgIpc) is 3.45. The minimum absolute atomic E-state index is 0.565. The van der Waals surface area contributed by atoms with E-state index in [1.807, 2.05) is 66.7 Å². The molecule has 0 aliphatic rings. The second-order valence-corrected chi connectivity index (χ2v) is 7.63. The minimum Gasteiger partial charge on any atom is -0.497 e. The summed E-state index contributed by atoms with van der Waals surface area (Å²) in [5.74, 6) is 4.19. The monoisotopic (exact) mass is 421 g/mol. The van der Waals surface area contributed by atoms with Crippen molar-refractivity contribution in [2.45, 2.75) is 18.1 Å². The smallest absolute Gasteiger partial charge is 0.191 e. The number of hydrogen-bond acceptors (Lipinski definition) is 6. The predicted octanol–water partition coefficient (Wildman–Crippen LogP) is 5.16. The molecule has 0 amide bonds. The fraction of sp³-hybridized carbons (Fsp3) is 0.217. The molecule has 0 atom stereocenters. The number of aromatic nitrogens is 3. The largest absolute Gasteiger partial charge is 0.497 e. The third-order valence-corrected chi connectivity index (χ3v) is 5.52. The van der Waals surface area contributed by atoms with E-state index in [1.54, 1.807) is 25.1 Å². The molecule has 7 heteroatoms. The molecule has 4 aromatic rings. The van der Waals surface area contributed by atoms with Crippen LogP contribution in [0.5, 0.6) is 11.5 Å². The van der Waals surface area contributed by atoms with Crippen molar-refractivity contribution in [3.8, 4) is 22.9 Å². The SMILES string of the molecule is COc1cccc(-c2nnc(SCCCOc3ccccc3)n2Cc2ccco2)c1. The molecular weight excluding hydrogens is 398 g/mol. The Morgan fingerprint density at radius 2 is 1.83 bits per heavy atom. The standard InChI is InChI=1S/C23H23N3O3S/c1-27-20-11-5-8-18(16-20)22-24-25-23(26(22)17-21-12-6-13-29-21)30-15-7-14-28-19-9-3-2-4-10-19/h2-6,8-13,16H,7,14-15,17H2,1H3. The summed E-state index contributed by atoms with van der Waals surface area (Å²) in [5.41, 5.74) is 0.952. The lowest BCUT2D eigenvalue weighted by Gasteiger charge is -2.10. The van der Waals surface area contributed by atoms with Crippen LogP contribution in [-0.2, 0) is 6.54 Å². The number of para-hydroxylation sites is 1. The normalized spacial score (nSPS) is 10.8. The van der Waals surface area contributed by atoms with Gasteiger partial charge in [-0.25, -0.2) is 0 Å². The summed E-state index contributed by atoms with van der Waals surface area (Å²) < 4.78 is 18.8. The third-order valence-electron chi connectivity index (χ3n) is 4.47. The van der Waals surface area contributed by atoms with Crippen LogP contribution in [0.1, 0.15) is 12.2 Å². The van der Waals surface area contributed by atoms with Gasteiger partial charge in [0, 0.05) is 11.3 Å². The van der Waals surface area contributed by atoms with Crippen LogP contribution in [0.25, 0.3) is 11.4 Å². The van der Waals surface area contributed by atoms with Crippen LogP contribution in [0.3, 0.4) is 0 Å². The van der Waals surface area contributed by atoms with Gasteiger partial charge in [-0.05, 0) is 42.8 Å². The predicted molar refractivity (Wildman–Crippen MR) is 117 cm³/mol. The molecule has 154 valence electrons. The van der Waals surface area contributed by atoms with Crippen molar-refractivity contribution in [3.05, 3.63) is 78.8 Å². The highest BCUT2D eigenvalue weighted by molar-refractivity contribution is 7.99. The Kier molecular flexibility index (Phi) is 6.72. The molecule has 2 aromatic heterocycles. The van der Waals surface area contributed by atoms with Crippen LogP contribution in [0.2, 0.25) is 0 Å². The molecule has 0 aliphatic heterocycles. The summed E-state index contributed by atoms with van der Waals surface area (Å²) >= 11 is 1.67. The first-order valence-electron chi connectivity index (χ1n) is 9.74. The molecular formula is C23H23N3O3S. The summed E-state index contributed by atoms with van der Waals surface area (Å²) in [4.78, 5) is 0. The molecule has 0 N–H and O–H groups in total. The van der Waals surface area contributed by atoms with Gasteiger partial charge >= 0.3 is 0 Å². The van der Waals surface area contributed by atoms with E-state index in [-0.39, 0.29) is 0 Å². The van der Waals surface area contributed by atoms with Crippen molar-refractivity contribution in [2.75, 3.05) is 19.5 Å². The highest BCUT2D eigenvalue weighted by Gasteiger charge is 2.16. The lowest BCUT2D eigenvalue weighted by molar-refractivity contribution is 0.318. The van der Waals surface area contributed by atoms with Gasteiger partial charge in [-0.2, -0.15) is 0 Å². The Morgan fingerprint density at radius 1 is 0.967 bits per heavy atom. The van der Waals surface area contributed by atoms with E-state index < -0.39 is 0 Å². The van der Waals surface area contributed by atoms with Crippen LogP contribution in [0.15, 0.2) is 82.6 Å². The third kappa shape index (κ3) is 5.04. The summed E-state index contributed by atoms with van der Waals surface area (Å²) in [6.07, 6.45) is 2.58. The summed E-state index contributed by atoms with van der Waals surface area (Å²) in [7, 11) is 1.66. The van der Waals surface area contributed by atoms with Gasteiger partial charge in [0.1, 0.15) is 17.3 Å². The quantitative estimate of drug-likeness (QED) is 0.260. The molecule has 0 saturated carbocycles. The average molecular weight is 422 g/mol. The highest BCUT2D eigenvalue weighted by Crippen LogP contribution is 2.28. The molecule has 0 fully saturated rings. The minimum atomic E-state index is 0.565. The van der Waals surface area contributed by atoms with Crippen molar-refractivity contribution in [1.29, 1.82) is 0 Å². The van der Waals surface area contributed by atoms with E-state index in [2.05, 4.69) is 14.8 Å². The fourth-order valence-corrected chi connectivity index (χ4v) is 3.85. The number of thioether (sulfide) groups is 1. The molecule has 0 saturated heterocycles. The van der Waals surface area contributed by atoms with Gasteiger partial charge < -0.3 is 13.9 Å². The van der Waals surface area contributed by atoms with E-state index in [4.69, 9.17) is 13.9 Å². The van der Waals surface area contributed by atoms with Gasteiger partial charge in [-0.1, -0.05) is 42.1 Å². The number of rotatable bonds is 10. The first-order valence-corrected chi connectivity index (χ1v) is 10.7. The Morgan fingerprint density at radius 3 is 2.63 bits per heavy atom. The second kappa shape index (κ2) is 10.0. The van der Waals surface area contributed by atoms with Crippen LogP contribution in [-0.4, -0.2) is 34.2 Å². The number of methoxy groups -OCH3 is 1. The van der Waals surface area contributed by atoms with Crippen LogP contribution in [0.4, 0.5) is 0 Å². The molecule has 0 aliphatic carbocycles. The van der Waals surface area contributed by atoms with Crippen molar-refractivity contribution >= 4 is 11.8 Å². The molecule has 6 nitrogen and oxygen atoms in total. The zero-order valence-corrected chi connectivity index (χ0v) is 17.5. The van der Waals surface area contributed by atoms with Crippen LogP contribution >= 0.6 is 11.8 Å². The molecule has 2 heterocycles. The van der Waals surface area contributed by atoms with Crippen molar-refractivity contribution in [1.82, 2.24) is 14.8 Å². The maximum absolute atomic E-state index is 5.77. The zero-order valence-electron chi connectivity index (χ0n) is 16.7. The number of ether oxygens (including phenoxy) is 2. The Bertz CT molecular complexity index is 1050. The van der Waals surface area contributed by atoms with Crippen LogP contribution in [0, 0.1) is 0 Å². The Hall–Kier alpha value is -3.19. The zero-order chi connectivity index (χ0) is 20.6. The fourth-order valence-electron chi connectivity index (χ4n) is 3.00. The Balaban J connectivity index is 1.45. The van der Waals surface area contributed by atoms with Gasteiger partial charge in [0.05, 0.1) is 26.5 Å². The lowest BCUT2D eigenvalue weighted by Crippen LogP contribution is -2.04. The molecule has 2 aromatic carbocycles. The van der Waals surface area contributed by atoms with Crippen molar-refractivity contribution in [3.63, 3.8) is 0 Å². The topological polar surface area (TPSA) is 62.3 Å². The maximum atomic E-state index is 5.77. The van der Waals surface area contributed by atoms with Crippen molar-refractivity contribution < 1.29 is 13.9 Å². The van der Waals surface area contributed by atoms with Gasteiger partial charge in [0.15, 0.2) is 11.0 Å². The number of nitrogens with zero attached hydrogens (tertiary/aromatic N) is 3. The Labute approximate surface area is 179 Å². The highest BCUT2D eigenvalue weighted by atomic mass is 32.2. The number of benzene rings is 2. The summed E-state index contributed by atoms with van der Waals surface area (Å²) in [6, 6.07) is 21.5. The van der Waals surface area contributed by atoms with Gasteiger partial charge in [-0.3, -0.25) is 4.57 Å². The molecule has 0 spiro atoms. The molecule has 0 unspecified atom stereocenters. The van der Waals surface area contributed by atoms with Crippen molar-refractivity contribution in [2.24, 2.45) is 0 Å². The van der Waals surface area contributed by atoms with E-state index in [0.717, 1.165) is 46.0 Å². The first-order chi connectivity index (χ1) is 14.8. The second-order valence-electron chi connectivity index (χ2n) is 6.57. The van der Waals surface area contributed by atoms with E-state index in [9.17, 15) is 0 Å². The molecule has 4 rings (SSSR count). The van der Waals surface area contributed by atoms with Gasteiger partial charge in [-0.15, -0.1) is 10.2 Å². The molecule has 0 radical (unpaired) electrons. The van der Waals surface area contributed by atoms with Crippen LogP contribution < -0.4 is 9.47 Å². The number of furan rings is 1. The van der Waals surface area contributed by atoms with E-state index in [1.165, 1.54) is 0 Å². The van der Waals surface area contributed by atoms with Gasteiger partial charge in [0.25, 0.3) is 0 Å². The van der Waals surface area contributed by atoms with E-state index >= 15 is 0 Å². The maximum Gasteiger partial charge on any atom is 0.191 e. The lowest BCUT2D eigenvalue weighted by atomic mass is 10.2. The molecule has 0 bridgehead atoms.